The Balaban J connectivity index is 1.45. The molecule has 6 nitrogen and oxygen atoms in total. The second-order valence-electron chi connectivity index (χ2n) is 8.23. The quantitative estimate of drug-likeness (QED) is 0.805. The normalized spacial score (nSPS) is 23.8. The molecule has 0 unspecified atom stereocenters. The minimum absolute atomic E-state index is 0.0475. The molecule has 1 amide bonds. The van der Waals surface area contributed by atoms with Gasteiger partial charge in [0.15, 0.2) is 0 Å². The number of para-hydroxylation sites is 1. The summed E-state index contributed by atoms with van der Waals surface area (Å²) in [6, 6.07) is 8.31. The molecule has 2 aliphatic rings. The van der Waals surface area contributed by atoms with Crippen LogP contribution >= 0.6 is 0 Å². The fourth-order valence-electron chi connectivity index (χ4n) is 4.69. The molecule has 162 valence electrons. The van der Waals surface area contributed by atoms with Crippen LogP contribution in [0.15, 0.2) is 30.3 Å². The highest BCUT2D eigenvalue weighted by molar-refractivity contribution is 5.79. The molecule has 0 bridgehead atoms. The number of fused-ring (bicyclic) bond motifs is 1. The summed E-state index contributed by atoms with van der Waals surface area (Å²) >= 11 is 0. The molecule has 2 aliphatic heterocycles. The lowest BCUT2D eigenvalue weighted by Crippen LogP contribution is -2.48. The van der Waals surface area contributed by atoms with E-state index in [1.165, 1.54) is 4.68 Å². The van der Waals surface area contributed by atoms with Gasteiger partial charge in [-0.15, -0.1) is 0 Å². The van der Waals surface area contributed by atoms with Gasteiger partial charge in [0.05, 0.1) is 19.2 Å². The number of alkyl halides is 2. The van der Waals surface area contributed by atoms with Crippen molar-refractivity contribution < 1.29 is 18.3 Å². The third-order valence-electron chi connectivity index (χ3n) is 6.21. The van der Waals surface area contributed by atoms with Gasteiger partial charge in [-0.2, -0.15) is 5.10 Å². The van der Waals surface area contributed by atoms with Gasteiger partial charge in [0.25, 0.3) is 6.43 Å². The number of anilines is 1. The van der Waals surface area contributed by atoms with E-state index >= 15 is 0 Å². The summed E-state index contributed by atoms with van der Waals surface area (Å²) in [7, 11) is 1.60. The lowest BCUT2D eigenvalue weighted by atomic mass is 9.85. The minimum Gasteiger partial charge on any atom is -0.496 e. The smallest absolute Gasteiger partial charge is 0.260 e. The van der Waals surface area contributed by atoms with E-state index in [0.717, 1.165) is 24.1 Å². The fourth-order valence-corrected chi connectivity index (χ4v) is 4.69. The number of carbonyl (C=O) groups is 1. The number of ether oxygens (including phenoxy) is 1. The van der Waals surface area contributed by atoms with Gasteiger partial charge >= 0.3 is 0 Å². The van der Waals surface area contributed by atoms with Gasteiger partial charge in [-0.05, 0) is 38.2 Å². The molecule has 3 heterocycles. The van der Waals surface area contributed by atoms with Gasteiger partial charge in [-0.1, -0.05) is 18.2 Å². The Hall–Kier alpha value is -2.64. The molecule has 1 saturated heterocycles. The summed E-state index contributed by atoms with van der Waals surface area (Å²) in [6.07, 6.45) is -0.0949. The lowest BCUT2D eigenvalue weighted by Gasteiger charge is -2.41. The van der Waals surface area contributed by atoms with Gasteiger partial charge in [0.1, 0.15) is 17.6 Å². The SMILES string of the molecule is COc1ccccc1CC(=O)N1CCC[C@H]([C@@H]2C[C@H](C(F)F)n3nc(C)cc3N2)C1. The molecule has 2 aromatic rings. The number of aryl methyl sites for hydroxylation is 1. The number of likely N-dealkylation sites (tertiary alicyclic amines) is 1. The topological polar surface area (TPSA) is 59.4 Å². The van der Waals surface area contributed by atoms with Crippen molar-refractivity contribution in [1.29, 1.82) is 0 Å². The first-order valence-electron chi connectivity index (χ1n) is 10.5. The zero-order chi connectivity index (χ0) is 21.3. The molecular weight excluding hydrogens is 390 g/mol. The van der Waals surface area contributed by atoms with E-state index in [9.17, 15) is 13.6 Å². The van der Waals surface area contributed by atoms with E-state index in [-0.39, 0.29) is 24.3 Å². The van der Waals surface area contributed by atoms with Gasteiger partial charge in [0.2, 0.25) is 5.91 Å². The van der Waals surface area contributed by atoms with Crippen molar-refractivity contribution in [1.82, 2.24) is 14.7 Å². The minimum atomic E-state index is -2.47. The van der Waals surface area contributed by atoms with Crippen LogP contribution in [0.2, 0.25) is 0 Å². The number of rotatable bonds is 5. The number of benzene rings is 1. The number of hydrogen-bond acceptors (Lipinski definition) is 4. The first kappa shape index (κ1) is 20.6. The molecule has 8 heteroatoms. The Morgan fingerprint density at radius 2 is 2.17 bits per heavy atom. The maximum atomic E-state index is 13.7. The molecule has 3 atom stereocenters. The number of piperidine rings is 1. The van der Waals surface area contributed by atoms with E-state index in [0.29, 0.717) is 31.1 Å². The third kappa shape index (κ3) is 4.13. The molecule has 0 radical (unpaired) electrons. The second kappa shape index (κ2) is 8.62. The molecule has 0 aliphatic carbocycles. The van der Waals surface area contributed by atoms with Crippen molar-refractivity contribution in [3.05, 3.63) is 41.6 Å². The number of nitrogens with one attached hydrogen (secondary N) is 1. The Labute approximate surface area is 175 Å². The number of carbonyl (C=O) groups excluding carboxylic acids is 1. The fraction of sp³-hybridized carbons (Fsp3) is 0.545. The third-order valence-corrected chi connectivity index (χ3v) is 6.21. The van der Waals surface area contributed by atoms with Crippen LogP contribution < -0.4 is 10.1 Å². The highest BCUT2D eigenvalue weighted by Crippen LogP contribution is 2.36. The first-order chi connectivity index (χ1) is 14.5. The molecule has 4 rings (SSSR count). The van der Waals surface area contributed by atoms with Crippen LogP contribution in [-0.2, 0) is 11.2 Å². The Bertz CT molecular complexity index is 901. The van der Waals surface area contributed by atoms with Crippen LogP contribution in [0.4, 0.5) is 14.6 Å². The Kier molecular flexibility index (Phi) is 5.92. The molecular formula is C22H28F2N4O2. The summed E-state index contributed by atoms with van der Waals surface area (Å²) < 4.78 is 34.2. The highest BCUT2D eigenvalue weighted by Gasteiger charge is 2.38. The van der Waals surface area contributed by atoms with Gasteiger partial charge in [0, 0.05) is 30.8 Å². The van der Waals surface area contributed by atoms with Crippen molar-refractivity contribution >= 4 is 11.7 Å². The summed E-state index contributed by atoms with van der Waals surface area (Å²) in [5.74, 6) is 1.53. The van der Waals surface area contributed by atoms with Gasteiger partial charge < -0.3 is 15.0 Å². The molecule has 1 aromatic heterocycles. The van der Waals surface area contributed by atoms with Gasteiger partial charge in [-0.25, -0.2) is 13.5 Å². The van der Waals surface area contributed by atoms with E-state index in [2.05, 4.69) is 10.4 Å². The van der Waals surface area contributed by atoms with Crippen LogP contribution in [0.3, 0.4) is 0 Å². The van der Waals surface area contributed by atoms with Crippen molar-refractivity contribution in [2.45, 2.75) is 51.1 Å². The Morgan fingerprint density at radius 3 is 2.93 bits per heavy atom. The standard InChI is InChI=1S/C22H28F2N4O2/c1-14-10-20-25-17(12-18(22(23)24)28(20)26-14)16-7-5-9-27(13-16)21(29)11-15-6-3-4-8-19(15)30-2/h3-4,6,8,10,16-18,22,25H,5,7,9,11-13H2,1-2H3/t16-,17-,18+/m0/s1. The summed E-state index contributed by atoms with van der Waals surface area (Å²) in [5.41, 5.74) is 1.58. The number of aromatic nitrogens is 2. The maximum Gasteiger partial charge on any atom is 0.260 e. The average molecular weight is 418 g/mol. The summed E-state index contributed by atoms with van der Waals surface area (Å²) in [4.78, 5) is 14.8. The van der Waals surface area contributed by atoms with E-state index < -0.39 is 12.5 Å². The van der Waals surface area contributed by atoms with Crippen LogP contribution in [0.5, 0.6) is 5.75 Å². The van der Waals surface area contributed by atoms with Crippen molar-refractivity contribution in [2.75, 3.05) is 25.5 Å². The number of nitrogens with zero attached hydrogens (tertiary/aromatic N) is 3. The summed E-state index contributed by atoms with van der Waals surface area (Å²) in [5, 5.41) is 7.65. The molecule has 1 N–H and O–H groups in total. The van der Waals surface area contributed by atoms with E-state index in [1.807, 2.05) is 42.2 Å². The number of methoxy groups -OCH3 is 1. The molecule has 0 spiro atoms. The van der Waals surface area contributed by atoms with Crippen molar-refractivity contribution in [2.24, 2.45) is 5.92 Å². The monoisotopic (exact) mass is 418 g/mol. The number of hydrogen-bond donors (Lipinski definition) is 1. The van der Waals surface area contributed by atoms with Gasteiger partial charge in [-0.3, -0.25) is 4.79 Å². The predicted molar refractivity (Wildman–Crippen MR) is 110 cm³/mol. The first-order valence-corrected chi connectivity index (χ1v) is 10.5. The van der Waals surface area contributed by atoms with E-state index in [1.54, 1.807) is 7.11 Å². The highest BCUT2D eigenvalue weighted by atomic mass is 19.3. The van der Waals surface area contributed by atoms with Crippen LogP contribution in [-0.4, -0.2) is 53.3 Å². The largest absolute Gasteiger partial charge is 0.496 e. The predicted octanol–water partition coefficient (Wildman–Crippen LogP) is 3.67. The van der Waals surface area contributed by atoms with Crippen LogP contribution in [0, 0.1) is 12.8 Å². The van der Waals surface area contributed by atoms with Crippen molar-refractivity contribution in [3.63, 3.8) is 0 Å². The molecule has 1 fully saturated rings. The summed E-state index contributed by atoms with van der Waals surface area (Å²) in [6.45, 7) is 3.09. The number of halogens is 2. The van der Waals surface area contributed by atoms with Crippen LogP contribution in [0.25, 0.3) is 0 Å². The van der Waals surface area contributed by atoms with Crippen LogP contribution in [0.1, 0.15) is 36.6 Å². The zero-order valence-electron chi connectivity index (χ0n) is 17.4. The Morgan fingerprint density at radius 1 is 1.37 bits per heavy atom. The lowest BCUT2D eigenvalue weighted by molar-refractivity contribution is -0.132. The second-order valence-corrected chi connectivity index (χ2v) is 8.23. The zero-order valence-corrected chi connectivity index (χ0v) is 17.4. The van der Waals surface area contributed by atoms with Crippen molar-refractivity contribution in [3.8, 4) is 5.75 Å². The molecule has 1 aromatic carbocycles. The molecule has 30 heavy (non-hydrogen) atoms. The molecule has 0 saturated carbocycles. The maximum absolute atomic E-state index is 13.7. The van der Waals surface area contributed by atoms with E-state index in [4.69, 9.17) is 4.74 Å². The number of amides is 1. The average Bonchev–Trinajstić information content (AvgIpc) is 3.13.